The molecule has 1 aliphatic heterocycles. The van der Waals surface area contributed by atoms with Crippen molar-refractivity contribution in [3.05, 3.63) is 126 Å². The van der Waals surface area contributed by atoms with E-state index in [1.807, 2.05) is 83.4 Å². The van der Waals surface area contributed by atoms with E-state index in [1.165, 1.54) is 11.8 Å². The molecule has 6 rings (SSSR count). The first kappa shape index (κ1) is 32.3. The zero-order chi connectivity index (χ0) is 33.5. The summed E-state index contributed by atoms with van der Waals surface area (Å²) in [5.74, 6) is 2.30. The van der Waals surface area contributed by atoms with Crippen LogP contribution in [0.1, 0.15) is 39.8 Å². The molecule has 1 atom stereocenters. The van der Waals surface area contributed by atoms with Gasteiger partial charge >= 0.3 is 0 Å². The molecule has 1 aliphatic rings. The van der Waals surface area contributed by atoms with Crippen LogP contribution < -0.4 is 19.5 Å². The molecule has 1 aromatic heterocycles. The van der Waals surface area contributed by atoms with Crippen LogP contribution in [0.4, 0.5) is 0 Å². The fourth-order valence-electron chi connectivity index (χ4n) is 5.32. The average Bonchev–Trinajstić information content (AvgIpc) is 3.78. The quantitative estimate of drug-likeness (QED) is 0.169. The van der Waals surface area contributed by atoms with Gasteiger partial charge in [-0.3, -0.25) is 14.2 Å². The van der Waals surface area contributed by atoms with Crippen LogP contribution in [-0.2, 0) is 11.3 Å². The molecule has 0 saturated carbocycles. The minimum atomic E-state index is -0.295. The number of amides is 2. The second-order valence-corrected chi connectivity index (χ2v) is 11.7. The summed E-state index contributed by atoms with van der Waals surface area (Å²) in [7, 11) is 4.82. The molecule has 0 fully saturated rings. The van der Waals surface area contributed by atoms with Crippen LogP contribution in [0.3, 0.4) is 0 Å². The molecule has 0 aliphatic carbocycles. The number of hydrazone groups is 1. The lowest BCUT2D eigenvalue weighted by Gasteiger charge is -2.22. The van der Waals surface area contributed by atoms with Gasteiger partial charge in [0, 0.05) is 17.7 Å². The van der Waals surface area contributed by atoms with Gasteiger partial charge < -0.3 is 19.5 Å². The molecule has 12 heteroatoms. The van der Waals surface area contributed by atoms with Crippen LogP contribution >= 0.6 is 11.8 Å². The standard InChI is InChI=1S/C36H34N6O5S/c1-45-28-15-9-24(10-16-28)31-21-32(25-11-17-29(46-2)18-12-25)42(40-31)34(43)23-48-36-39-38-33(41(36)27-7-5-4-6-8-27)22-37-35(44)26-13-19-30(47-3)20-14-26/h4-20,32H,21-23H2,1-3H3,(H,37,44). The Morgan fingerprint density at radius 1 is 0.792 bits per heavy atom. The summed E-state index contributed by atoms with van der Waals surface area (Å²) in [4.78, 5) is 26.8. The Hall–Kier alpha value is -5.62. The highest BCUT2D eigenvalue weighted by molar-refractivity contribution is 7.99. The number of hydrogen-bond donors (Lipinski definition) is 1. The van der Waals surface area contributed by atoms with Gasteiger partial charge in [-0.05, 0) is 83.9 Å². The number of thioether (sulfide) groups is 1. The first-order valence-corrected chi connectivity index (χ1v) is 16.2. The van der Waals surface area contributed by atoms with Crippen LogP contribution in [0.2, 0.25) is 0 Å². The molecule has 0 spiro atoms. The smallest absolute Gasteiger partial charge is 0.253 e. The maximum absolute atomic E-state index is 13.9. The first-order valence-electron chi connectivity index (χ1n) is 15.2. The lowest BCUT2D eigenvalue weighted by atomic mass is 9.98. The van der Waals surface area contributed by atoms with E-state index in [4.69, 9.17) is 19.3 Å². The maximum Gasteiger partial charge on any atom is 0.253 e. The first-order chi connectivity index (χ1) is 23.5. The molecule has 11 nitrogen and oxygen atoms in total. The zero-order valence-corrected chi connectivity index (χ0v) is 27.5. The van der Waals surface area contributed by atoms with Gasteiger partial charge in [-0.25, -0.2) is 5.01 Å². The fourth-order valence-corrected chi connectivity index (χ4v) is 6.15. The molecule has 244 valence electrons. The molecule has 0 radical (unpaired) electrons. The topological polar surface area (TPSA) is 120 Å². The summed E-state index contributed by atoms with van der Waals surface area (Å²) in [6.07, 6.45) is 0.549. The molecular formula is C36H34N6O5S. The molecule has 2 amide bonds. The van der Waals surface area contributed by atoms with Crippen LogP contribution in [0.25, 0.3) is 5.69 Å². The van der Waals surface area contributed by atoms with E-state index in [-0.39, 0.29) is 30.2 Å². The maximum atomic E-state index is 13.9. The average molecular weight is 663 g/mol. The monoisotopic (exact) mass is 662 g/mol. The lowest BCUT2D eigenvalue weighted by Crippen LogP contribution is -2.28. The molecule has 0 saturated heterocycles. The number of aromatic nitrogens is 3. The second kappa shape index (κ2) is 14.9. The SMILES string of the molecule is COc1ccc(C(=O)NCc2nnc(SCC(=O)N3N=C(c4ccc(OC)cc4)CC3c3ccc(OC)cc3)n2-c2ccccc2)cc1. The van der Waals surface area contributed by atoms with Gasteiger partial charge in [0.25, 0.3) is 11.8 Å². The van der Waals surface area contributed by atoms with E-state index < -0.39 is 0 Å². The third kappa shape index (κ3) is 7.18. The number of rotatable bonds is 12. The van der Waals surface area contributed by atoms with E-state index in [1.54, 1.807) is 50.6 Å². The molecule has 0 bridgehead atoms. The van der Waals surface area contributed by atoms with Gasteiger partial charge in [-0.1, -0.05) is 42.1 Å². The van der Waals surface area contributed by atoms with Crippen molar-refractivity contribution in [2.45, 2.75) is 24.2 Å². The van der Waals surface area contributed by atoms with Crippen molar-refractivity contribution in [2.75, 3.05) is 27.1 Å². The van der Waals surface area contributed by atoms with E-state index >= 15 is 0 Å². The van der Waals surface area contributed by atoms with Crippen molar-refractivity contribution < 1.29 is 23.8 Å². The number of hydrogen-bond acceptors (Lipinski definition) is 9. The Morgan fingerprint density at radius 2 is 1.40 bits per heavy atom. The van der Waals surface area contributed by atoms with Crippen molar-refractivity contribution in [1.29, 1.82) is 0 Å². The summed E-state index contributed by atoms with van der Waals surface area (Å²) in [6.45, 7) is 0.127. The summed E-state index contributed by atoms with van der Waals surface area (Å²) in [5.41, 5.74) is 3.97. The summed E-state index contributed by atoms with van der Waals surface area (Å²) in [6, 6.07) is 31.5. The number of para-hydroxylation sites is 1. The van der Waals surface area contributed by atoms with Gasteiger partial charge in [-0.2, -0.15) is 5.10 Å². The van der Waals surface area contributed by atoms with Crippen LogP contribution in [0.5, 0.6) is 17.2 Å². The molecule has 5 aromatic rings. The van der Waals surface area contributed by atoms with Crippen molar-refractivity contribution >= 4 is 29.3 Å². The Bertz CT molecular complexity index is 1890. The third-order valence-electron chi connectivity index (χ3n) is 7.89. The highest BCUT2D eigenvalue weighted by Crippen LogP contribution is 2.35. The number of benzene rings is 4. The molecule has 4 aromatic carbocycles. The Morgan fingerprint density at radius 3 is 2.02 bits per heavy atom. The number of methoxy groups -OCH3 is 3. The van der Waals surface area contributed by atoms with Crippen molar-refractivity contribution in [3.63, 3.8) is 0 Å². The largest absolute Gasteiger partial charge is 0.497 e. The minimum Gasteiger partial charge on any atom is -0.497 e. The van der Waals surface area contributed by atoms with Crippen molar-refractivity contribution in [3.8, 4) is 22.9 Å². The number of carbonyl (C=O) groups is 2. The number of nitrogens with zero attached hydrogens (tertiary/aromatic N) is 5. The Balaban J connectivity index is 1.22. The molecule has 2 heterocycles. The summed E-state index contributed by atoms with van der Waals surface area (Å²) in [5, 5.41) is 18.6. The summed E-state index contributed by atoms with van der Waals surface area (Å²) < 4.78 is 17.7. The van der Waals surface area contributed by atoms with E-state index in [0.29, 0.717) is 28.7 Å². The predicted octanol–water partition coefficient (Wildman–Crippen LogP) is 5.69. The molecule has 1 N–H and O–H groups in total. The lowest BCUT2D eigenvalue weighted by molar-refractivity contribution is -0.130. The molecule has 1 unspecified atom stereocenters. The molecule has 48 heavy (non-hydrogen) atoms. The normalized spacial score (nSPS) is 13.9. The second-order valence-electron chi connectivity index (χ2n) is 10.8. The van der Waals surface area contributed by atoms with Gasteiger partial charge in [0.05, 0.1) is 45.4 Å². The summed E-state index contributed by atoms with van der Waals surface area (Å²) >= 11 is 1.26. The van der Waals surface area contributed by atoms with Gasteiger partial charge in [0.1, 0.15) is 17.2 Å². The van der Waals surface area contributed by atoms with Crippen LogP contribution in [-0.4, -0.2) is 64.4 Å². The van der Waals surface area contributed by atoms with E-state index in [2.05, 4.69) is 15.5 Å². The Labute approximate surface area is 282 Å². The number of ether oxygens (including phenoxy) is 3. The van der Waals surface area contributed by atoms with Crippen LogP contribution in [0.15, 0.2) is 113 Å². The van der Waals surface area contributed by atoms with Crippen LogP contribution in [0, 0.1) is 0 Å². The van der Waals surface area contributed by atoms with Crippen molar-refractivity contribution in [1.82, 2.24) is 25.1 Å². The van der Waals surface area contributed by atoms with Crippen molar-refractivity contribution in [2.24, 2.45) is 5.10 Å². The zero-order valence-electron chi connectivity index (χ0n) is 26.7. The molecular weight excluding hydrogens is 629 g/mol. The number of nitrogens with one attached hydrogen (secondary N) is 1. The van der Waals surface area contributed by atoms with Gasteiger partial charge in [0.15, 0.2) is 11.0 Å². The third-order valence-corrected chi connectivity index (χ3v) is 8.80. The van der Waals surface area contributed by atoms with Gasteiger partial charge in [-0.15, -0.1) is 10.2 Å². The highest BCUT2D eigenvalue weighted by atomic mass is 32.2. The Kier molecular flexibility index (Phi) is 10.0. The van der Waals surface area contributed by atoms with E-state index in [9.17, 15) is 9.59 Å². The minimum absolute atomic E-state index is 0.0647. The van der Waals surface area contributed by atoms with E-state index in [0.717, 1.165) is 34.0 Å². The fraction of sp³-hybridized carbons (Fsp3) is 0.194. The number of carbonyl (C=O) groups excluding carboxylic acids is 2. The van der Waals surface area contributed by atoms with Gasteiger partial charge in [0.2, 0.25) is 0 Å². The highest BCUT2D eigenvalue weighted by Gasteiger charge is 2.33. The predicted molar refractivity (Wildman–Crippen MR) is 183 cm³/mol.